The third-order valence-corrected chi connectivity index (χ3v) is 2.97. The molecule has 2 rings (SSSR count). The van der Waals surface area contributed by atoms with Gasteiger partial charge in [0.15, 0.2) is 6.61 Å². The summed E-state index contributed by atoms with van der Waals surface area (Å²) in [5.41, 5.74) is 6.58. The van der Waals surface area contributed by atoms with Crippen molar-refractivity contribution in [3.05, 3.63) is 12.1 Å². The number of nitrogen functional groups attached to an aromatic ring is 1. The molecule has 0 unspecified atom stereocenters. The number of hydrogen-bond acceptors (Lipinski definition) is 4. The van der Waals surface area contributed by atoms with Gasteiger partial charge in [0.1, 0.15) is 12.3 Å². The predicted molar refractivity (Wildman–Crippen MR) is 73.5 cm³/mol. The molecule has 0 radical (unpaired) electrons. The highest BCUT2D eigenvalue weighted by atomic mass is 19.4. The van der Waals surface area contributed by atoms with E-state index in [1.165, 1.54) is 12.1 Å². The summed E-state index contributed by atoms with van der Waals surface area (Å²) in [6.45, 7) is 0.756. The van der Waals surface area contributed by atoms with Gasteiger partial charge in [0.05, 0.1) is 17.1 Å². The van der Waals surface area contributed by atoms with Gasteiger partial charge in [-0.15, -0.1) is 0 Å². The number of nitrogens with two attached hydrogens (primary N) is 1. The largest absolute Gasteiger partial charge is 0.482 e. The Morgan fingerprint density at radius 2 is 2.14 bits per heavy atom. The van der Waals surface area contributed by atoms with Crippen LogP contribution in [0, 0.1) is 0 Å². The van der Waals surface area contributed by atoms with Crippen LogP contribution in [0.25, 0.3) is 0 Å². The van der Waals surface area contributed by atoms with Gasteiger partial charge in [0.25, 0.3) is 5.91 Å². The first-order chi connectivity index (χ1) is 9.80. The minimum absolute atomic E-state index is 0.132. The highest BCUT2D eigenvalue weighted by molar-refractivity contribution is 5.97. The normalized spacial score (nSPS) is 14.2. The Balaban J connectivity index is 2.36. The summed E-state index contributed by atoms with van der Waals surface area (Å²) in [6.07, 6.45) is -3.80. The van der Waals surface area contributed by atoms with Gasteiger partial charge in [-0.1, -0.05) is 6.92 Å². The standard InChI is InChI=1S/C13H16F3N3O2/c1-2-3-19(7-13(14,15)16)10-5-9-11(4-8(10)17)21-6-12(20)18-9/h4-5H,2-3,6-7,17H2,1H3,(H,18,20). The maximum atomic E-state index is 12.7. The molecule has 0 saturated heterocycles. The van der Waals surface area contributed by atoms with Crippen molar-refractivity contribution in [1.82, 2.24) is 0 Å². The van der Waals surface area contributed by atoms with E-state index in [2.05, 4.69) is 5.32 Å². The predicted octanol–water partition coefficient (Wildman–Crippen LogP) is 2.38. The van der Waals surface area contributed by atoms with Gasteiger partial charge in [-0.05, 0) is 12.5 Å². The summed E-state index contributed by atoms with van der Waals surface area (Å²) >= 11 is 0. The van der Waals surface area contributed by atoms with Gasteiger partial charge in [-0.25, -0.2) is 0 Å². The number of halogens is 3. The van der Waals surface area contributed by atoms with Gasteiger partial charge in [0, 0.05) is 12.6 Å². The number of fused-ring (bicyclic) bond motifs is 1. The molecule has 3 N–H and O–H groups in total. The van der Waals surface area contributed by atoms with Crippen LogP contribution in [0.15, 0.2) is 12.1 Å². The summed E-state index contributed by atoms with van der Waals surface area (Å²) in [7, 11) is 0. The second kappa shape index (κ2) is 5.71. The van der Waals surface area contributed by atoms with Crippen molar-refractivity contribution in [2.45, 2.75) is 19.5 Å². The van der Waals surface area contributed by atoms with Crippen molar-refractivity contribution in [3.63, 3.8) is 0 Å². The molecule has 5 nitrogen and oxygen atoms in total. The number of nitrogens with zero attached hydrogens (tertiary/aromatic N) is 1. The Bertz CT molecular complexity index is 546. The Hall–Kier alpha value is -2.12. The number of anilines is 3. The fourth-order valence-electron chi connectivity index (χ4n) is 2.18. The van der Waals surface area contributed by atoms with Crippen molar-refractivity contribution in [2.24, 2.45) is 0 Å². The maximum Gasteiger partial charge on any atom is 0.405 e. The molecular formula is C13H16F3N3O2. The summed E-state index contributed by atoms with van der Waals surface area (Å²) in [5.74, 6) is 0.00962. The highest BCUT2D eigenvalue weighted by Crippen LogP contribution is 2.37. The summed E-state index contributed by atoms with van der Waals surface area (Å²) < 4.78 is 43.2. The number of ether oxygens (including phenoxy) is 1. The van der Waals surface area contributed by atoms with Crippen LogP contribution in [-0.4, -0.2) is 31.8 Å². The van der Waals surface area contributed by atoms with E-state index in [0.29, 0.717) is 17.9 Å². The molecule has 0 aromatic heterocycles. The van der Waals surface area contributed by atoms with Crippen LogP contribution in [0.1, 0.15) is 13.3 Å². The van der Waals surface area contributed by atoms with Crippen molar-refractivity contribution in [1.29, 1.82) is 0 Å². The lowest BCUT2D eigenvalue weighted by atomic mass is 10.1. The van der Waals surface area contributed by atoms with Gasteiger partial charge >= 0.3 is 6.18 Å². The zero-order chi connectivity index (χ0) is 15.6. The van der Waals surface area contributed by atoms with Crippen molar-refractivity contribution < 1.29 is 22.7 Å². The number of rotatable bonds is 4. The molecule has 1 aromatic carbocycles. The lowest BCUT2D eigenvalue weighted by molar-refractivity contribution is -0.120. The fourth-order valence-corrected chi connectivity index (χ4v) is 2.18. The molecule has 116 valence electrons. The first-order valence-corrected chi connectivity index (χ1v) is 6.48. The van der Waals surface area contributed by atoms with E-state index in [-0.39, 0.29) is 30.4 Å². The van der Waals surface area contributed by atoms with Crippen LogP contribution in [0.4, 0.5) is 30.2 Å². The maximum absolute atomic E-state index is 12.7. The van der Waals surface area contributed by atoms with Crippen LogP contribution in [0.2, 0.25) is 0 Å². The smallest absolute Gasteiger partial charge is 0.405 e. The minimum Gasteiger partial charge on any atom is -0.482 e. The van der Waals surface area contributed by atoms with Crippen molar-refractivity contribution in [3.8, 4) is 5.75 Å². The fraction of sp³-hybridized carbons (Fsp3) is 0.462. The number of hydrogen-bond donors (Lipinski definition) is 2. The van der Waals surface area contributed by atoms with Crippen molar-refractivity contribution in [2.75, 3.05) is 35.6 Å². The van der Waals surface area contributed by atoms with Gasteiger partial charge in [-0.3, -0.25) is 4.79 Å². The molecule has 21 heavy (non-hydrogen) atoms. The van der Waals surface area contributed by atoms with E-state index < -0.39 is 12.7 Å². The summed E-state index contributed by atoms with van der Waals surface area (Å²) in [6, 6.07) is 2.85. The number of carbonyl (C=O) groups is 1. The van der Waals surface area contributed by atoms with Gasteiger partial charge in [-0.2, -0.15) is 13.2 Å². The van der Waals surface area contributed by atoms with Crippen LogP contribution in [0.3, 0.4) is 0 Å². The van der Waals surface area contributed by atoms with E-state index in [1.807, 2.05) is 0 Å². The highest BCUT2D eigenvalue weighted by Gasteiger charge is 2.32. The Kier molecular flexibility index (Phi) is 4.15. The Labute approximate surface area is 119 Å². The Morgan fingerprint density at radius 3 is 2.76 bits per heavy atom. The van der Waals surface area contributed by atoms with Crippen molar-refractivity contribution >= 4 is 23.0 Å². The summed E-state index contributed by atoms with van der Waals surface area (Å²) in [5, 5.41) is 2.56. The molecule has 8 heteroatoms. The average molecular weight is 303 g/mol. The zero-order valence-electron chi connectivity index (χ0n) is 11.5. The van der Waals surface area contributed by atoms with Gasteiger partial charge < -0.3 is 20.7 Å². The van der Waals surface area contributed by atoms with E-state index in [4.69, 9.17) is 10.5 Å². The first kappa shape index (κ1) is 15.3. The van der Waals surface area contributed by atoms with Crippen LogP contribution < -0.4 is 20.7 Å². The SMILES string of the molecule is CCCN(CC(F)(F)F)c1cc2c(cc1N)OCC(=O)N2. The lowest BCUT2D eigenvalue weighted by Gasteiger charge is -2.28. The number of nitrogens with one attached hydrogen (secondary N) is 1. The van der Waals surface area contributed by atoms with Crippen LogP contribution in [0.5, 0.6) is 5.75 Å². The molecule has 0 saturated carbocycles. The van der Waals surface area contributed by atoms with Gasteiger partial charge in [0.2, 0.25) is 0 Å². The molecule has 1 heterocycles. The average Bonchev–Trinajstić information content (AvgIpc) is 2.36. The monoisotopic (exact) mass is 303 g/mol. The third-order valence-electron chi connectivity index (χ3n) is 2.97. The molecule has 1 aliphatic rings. The number of benzene rings is 1. The molecule has 0 bridgehead atoms. The molecule has 1 aromatic rings. The second-order valence-corrected chi connectivity index (χ2v) is 4.78. The summed E-state index contributed by atoms with van der Waals surface area (Å²) in [4.78, 5) is 12.4. The Morgan fingerprint density at radius 1 is 1.43 bits per heavy atom. The van der Waals surface area contributed by atoms with E-state index >= 15 is 0 Å². The molecule has 1 amide bonds. The van der Waals surface area contributed by atoms with E-state index in [1.54, 1.807) is 6.92 Å². The topological polar surface area (TPSA) is 67.6 Å². The minimum atomic E-state index is -4.34. The second-order valence-electron chi connectivity index (χ2n) is 4.78. The molecule has 1 aliphatic heterocycles. The van der Waals surface area contributed by atoms with Crippen LogP contribution in [-0.2, 0) is 4.79 Å². The quantitative estimate of drug-likeness (QED) is 0.838. The molecular weight excluding hydrogens is 287 g/mol. The molecule has 0 fully saturated rings. The van der Waals surface area contributed by atoms with Crippen LogP contribution >= 0.6 is 0 Å². The number of alkyl halides is 3. The first-order valence-electron chi connectivity index (χ1n) is 6.48. The third kappa shape index (κ3) is 3.71. The number of amides is 1. The molecule has 0 spiro atoms. The molecule has 0 aliphatic carbocycles. The zero-order valence-corrected chi connectivity index (χ0v) is 11.5. The lowest BCUT2D eigenvalue weighted by Crippen LogP contribution is -2.35. The van der Waals surface area contributed by atoms with E-state index in [0.717, 1.165) is 4.90 Å². The van der Waals surface area contributed by atoms with E-state index in [9.17, 15) is 18.0 Å². The number of carbonyl (C=O) groups excluding carboxylic acids is 1. The molecule has 0 atom stereocenters.